The number of halogens is 1. The third-order valence-electron chi connectivity index (χ3n) is 3.22. The Morgan fingerprint density at radius 3 is 2.70 bits per heavy atom. The van der Waals surface area contributed by atoms with Gasteiger partial charge in [-0.2, -0.15) is 0 Å². The zero-order chi connectivity index (χ0) is 14.4. The second-order valence-electron chi connectivity index (χ2n) is 4.69. The van der Waals surface area contributed by atoms with Crippen molar-refractivity contribution in [1.29, 1.82) is 0 Å². The summed E-state index contributed by atoms with van der Waals surface area (Å²) in [5.74, 6) is 0. The van der Waals surface area contributed by atoms with E-state index in [0.29, 0.717) is 16.3 Å². The van der Waals surface area contributed by atoms with Gasteiger partial charge in [0.05, 0.1) is 10.6 Å². The number of nitrogens with zero attached hydrogens (tertiary/aromatic N) is 1. The summed E-state index contributed by atoms with van der Waals surface area (Å²) < 4.78 is 0. The van der Waals surface area contributed by atoms with Crippen LogP contribution in [0.25, 0.3) is 0 Å². The molecule has 102 valence electrons. The molecule has 1 aliphatic rings. The van der Waals surface area contributed by atoms with Crippen LogP contribution >= 0.6 is 23.4 Å². The molecule has 0 radical (unpaired) electrons. The number of hydrogen-bond acceptors (Lipinski definition) is 4. The Balaban J connectivity index is 2.23. The van der Waals surface area contributed by atoms with Crippen molar-refractivity contribution in [1.82, 2.24) is 0 Å². The molecule has 1 aliphatic heterocycles. The third-order valence-corrected chi connectivity index (χ3v) is 4.77. The summed E-state index contributed by atoms with van der Waals surface area (Å²) in [6.07, 6.45) is 0. The fraction of sp³-hybridized carbons (Fsp3) is 0.143. The Labute approximate surface area is 125 Å². The molecular weight excluding hydrogens is 296 g/mol. The van der Waals surface area contributed by atoms with Crippen LogP contribution in [0.3, 0.4) is 0 Å². The van der Waals surface area contributed by atoms with Crippen molar-refractivity contribution in [3.8, 4) is 0 Å². The monoisotopic (exact) mass is 306 g/mol. The second kappa shape index (κ2) is 4.68. The maximum atomic E-state index is 11.3. The molecule has 1 N–H and O–H groups in total. The van der Waals surface area contributed by atoms with Crippen molar-refractivity contribution in [3.05, 3.63) is 50.5 Å². The molecule has 0 bridgehead atoms. The molecule has 0 unspecified atom stereocenters. The van der Waals surface area contributed by atoms with E-state index in [1.807, 2.05) is 25.1 Å². The Kier molecular flexibility index (Phi) is 3.11. The van der Waals surface area contributed by atoms with Crippen LogP contribution in [0.2, 0.25) is 5.02 Å². The molecule has 0 aliphatic carbocycles. The minimum absolute atomic E-state index is 0.128. The number of hydrogen-bond donors (Lipinski definition) is 1. The van der Waals surface area contributed by atoms with Crippen LogP contribution < -0.4 is 5.32 Å². The number of nitrogens with one attached hydrogen (secondary N) is 1. The van der Waals surface area contributed by atoms with Crippen LogP contribution in [0.15, 0.2) is 34.1 Å². The van der Waals surface area contributed by atoms with E-state index >= 15 is 0 Å². The first kappa shape index (κ1) is 13.3. The highest BCUT2D eigenvalue weighted by Crippen LogP contribution is 2.50. The number of benzene rings is 2. The average Bonchev–Trinajstić information content (AvgIpc) is 2.36. The molecule has 2 aromatic rings. The zero-order valence-electron chi connectivity index (χ0n) is 10.9. The van der Waals surface area contributed by atoms with Gasteiger partial charge in [0.1, 0.15) is 5.69 Å². The predicted molar refractivity (Wildman–Crippen MR) is 81.4 cm³/mol. The Bertz CT molecular complexity index is 746. The van der Waals surface area contributed by atoms with Crippen molar-refractivity contribution < 1.29 is 4.92 Å². The van der Waals surface area contributed by atoms with Crippen molar-refractivity contribution in [2.75, 3.05) is 5.32 Å². The first-order chi connectivity index (χ1) is 9.47. The molecular formula is C14H11ClN2O2S. The van der Waals surface area contributed by atoms with Crippen LogP contribution in [-0.4, -0.2) is 4.92 Å². The third kappa shape index (κ3) is 2.03. The first-order valence-electron chi connectivity index (χ1n) is 6.00. The lowest BCUT2D eigenvalue weighted by molar-refractivity contribution is -0.384. The molecule has 0 atom stereocenters. The van der Waals surface area contributed by atoms with Crippen molar-refractivity contribution in [2.24, 2.45) is 0 Å². The highest BCUT2D eigenvalue weighted by Gasteiger charge is 2.28. The highest BCUT2D eigenvalue weighted by atomic mass is 35.5. The van der Waals surface area contributed by atoms with Crippen LogP contribution in [0.5, 0.6) is 0 Å². The molecule has 1 heterocycles. The Morgan fingerprint density at radius 1 is 1.25 bits per heavy atom. The van der Waals surface area contributed by atoms with E-state index in [0.717, 1.165) is 21.0 Å². The molecule has 0 amide bonds. The standard InChI is InChI=1S/C14H11ClN2O2S/c1-7-5-8(2)14-12(13(7)17(18)19)16-10-6-9(15)3-4-11(10)20-14/h3-6,16H,1-2H3. The van der Waals surface area contributed by atoms with E-state index < -0.39 is 0 Å². The summed E-state index contributed by atoms with van der Waals surface area (Å²) in [6, 6.07) is 7.38. The summed E-state index contributed by atoms with van der Waals surface area (Å²) in [4.78, 5) is 12.9. The average molecular weight is 307 g/mol. The molecule has 0 saturated carbocycles. The van der Waals surface area contributed by atoms with Gasteiger partial charge in [0.2, 0.25) is 0 Å². The molecule has 3 rings (SSSR count). The van der Waals surface area contributed by atoms with Gasteiger partial charge in [0.25, 0.3) is 5.69 Å². The molecule has 4 nitrogen and oxygen atoms in total. The van der Waals surface area contributed by atoms with Gasteiger partial charge in [-0.3, -0.25) is 10.1 Å². The number of rotatable bonds is 1. The topological polar surface area (TPSA) is 55.2 Å². The minimum Gasteiger partial charge on any atom is -0.348 e. The lowest BCUT2D eigenvalue weighted by atomic mass is 10.1. The van der Waals surface area contributed by atoms with Gasteiger partial charge >= 0.3 is 0 Å². The molecule has 6 heteroatoms. The van der Waals surface area contributed by atoms with E-state index in [-0.39, 0.29) is 10.6 Å². The van der Waals surface area contributed by atoms with Gasteiger partial charge in [-0.25, -0.2) is 0 Å². The molecule has 20 heavy (non-hydrogen) atoms. The van der Waals surface area contributed by atoms with Crippen LogP contribution in [-0.2, 0) is 0 Å². The van der Waals surface area contributed by atoms with Crippen LogP contribution in [0, 0.1) is 24.0 Å². The van der Waals surface area contributed by atoms with Crippen LogP contribution in [0.4, 0.5) is 17.1 Å². The first-order valence-corrected chi connectivity index (χ1v) is 7.20. The number of nitro groups is 1. The number of anilines is 2. The fourth-order valence-electron chi connectivity index (χ4n) is 2.38. The SMILES string of the molecule is Cc1cc(C)c([N+](=O)[O-])c2c1Sc1ccc(Cl)cc1N2. The normalized spacial score (nSPS) is 12.3. The molecule has 0 fully saturated rings. The summed E-state index contributed by atoms with van der Waals surface area (Å²) in [5, 5.41) is 15.1. The zero-order valence-corrected chi connectivity index (χ0v) is 12.4. The summed E-state index contributed by atoms with van der Waals surface area (Å²) in [5.41, 5.74) is 3.19. The van der Waals surface area contributed by atoms with E-state index in [4.69, 9.17) is 11.6 Å². The highest BCUT2D eigenvalue weighted by molar-refractivity contribution is 7.99. The van der Waals surface area contributed by atoms with Crippen molar-refractivity contribution >= 4 is 40.4 Å². The number of fused-ring (bicyclic) bond motifs is 2. The minimum atomic E-state index is -0.337. The smallest absolute Gasteiger partial charge is 0.296 e. The number of aryl methyl sites for hydroxylation is 2. The lowest BCUT2D eigenvalue weighted by Crippen LogP contribution is -2.06. The van der Waals surface area contributed by atoms with Crippen LogP contribution in [0.1, 0.15) is 11.1 Å². The van der Waals surface area contributed by atoms with Crippen molar-refractivity contribution in [3.63, 3.8) is 0 Å². The van der Waals surface area contributed by atoms with E-state index in [1.54, 1.807) is 13.0 Å². The molecule has 0 saturated heterocycles. The Hall–Kier alpha value is -1.72. The molecule has 2 aromatic carbocycles. The van der Waals surface area contributed by atoms with E-state index in [1.165, 1.54) is 11.8 Å². The predicted octanol–water partition coefficient (Wildman–Crippen LogP) is 5.07. The quantitative estimate of drug-likeness (QED) is 0.503. The van der Waals surface area contributed by atoms with Gasteiger partial charge in [0.15, 0.2) is 0 Å². The van der Waals surface area contributed by atoms with E-state index in [2.05, 4.69) is 5.32 Å². The maximum absolute atomic E-state index is 11.3. The van der Waals surface area contributed by atoms with E-state index in [9.17, 15) is 10.1 Å². The largest absolute Gasteiger partial charge is 0.348 e. The van der Waals surface area contributed by atoms with Gasteiger partial charge in [-0.15, -0.1) is 0 Å². The maximum Gasteiger partial charge on any atom is 0.296 e. The fourth-order valence-corrected chi connectivity index (χ4v) is 3.59. The summed E-state index contributed by atoms with van der Waals surface area (Å²) >= 11 is 7.52. The molecule has 0 spiro atoms. The lowest BCUT2D eigenvalue weighted by Gasteiger charge is -2.23. The summed E-state index contributed by atoms with van der Waals surface area (Å²) in [6.45, 7) is 3.72. The van der Waals surface area contributed by atoms with Gasteiger partial charge in [0, 0.05) is 20.4 Å². The number of nitro benzene ring substituents is 1. The Morgan fingerprint density at radius 2 is 2.00 bits per heavy atom. The van der Waals surface area contributed by atoms with Gasteiger partial charge < -0.3 is 5.32 Å². The van der Waals surface area contributed by atoms with Crippen molar-refractivity contribution in [2.45, 2.75) is 23.6 Å². The van der Waals surface area contributed by atoms with Gasteiger partial charge in [-0.1, -0.05) is 23.4 Å². The second-order valence-corrected chi connectivity index (χ2v) is 6.18. The summed E-state index contributed by atoms with van der Waals surface area (Å²) in [7, 11) is 0. The molecule has 0 aromatic heterocycles. The van der Waals surface area contributed by atoms with Gasteiger partial charge in [-0.05, 0) is 43.7 Å².